The van der Waals surface area contributed by atoms with Crippen LogP contribution in [0.1, 0.15) is 29.8 Å². The first-order valence-corrected chi connectivity index (χ1v) is 7.90. The van der Waals surface area contributed by atoms with E-state index in [2.05, 4.69) is 4.98 Å². The summed E-state index contributed by atoms with van der Waals surface area (Å²) in [7, 11) is 1.90. The van der Waals surface area contributed by atoms with Crippen LogP contribution in [0.4, 0.5) is 4.39 Å². The van der Waals surface area contributed by atoms with E-state index < -0.39 is 0 Å². The molecule has 0 aliphatic rings. The van der Waals surface area contributed by atoms with Crippen molar-refractivity contribution >= 4 is 5.65 Å². The van der Waals surface area contributed by atoms with Crippen molar-refractivity contribution in [3.8, 4) is 0 Å². The Labute approximate surface area is 140 Å². The first-order valence-electron chi connectivity index (χ1n) is 7.90. The predicted octanol–water partition coefficient (Wildman–Crippen LogP) is 3.34. The van der Waals surface area contributed by atoms with Crippen LogP contribution < -0.4 is 5.56 Å². The third kappa shape index (κ3) is 3.08. The van der Waals surface area contributed by atoms with Crippen molar-refractivity contribution in [2.75, 3.05) is 7.05 Å². The maximum absolute atomic E-state index is 14.0. The smallest absolute Gasteiger partial charge is 0.258 e. The molecule has 4 nitrogen and oxygen atoms in total. The van der Waals surface area contributed by atoms with Gasteiger partial charge in [-0.1, -0.05) is 24.3 Å². The number of fused-ring (bicyclic) bond motifs is 1. The zero-order valence-corrected chi connectivity index (χ0v) is 14.0. The van der Waals surface area contributed by atoms with E-state index in [-0.39, 0.29) is 17.4 Å². The highest BCUT2D eigenvalue weighted by molar-refractivity contribution is 5.46. The Hall–Kier alpha value is -2.53. The monoisotopic (exact) mass is 325 g/mol. The Morgan fingerprint density at radius 1 is 1.25 bits per heavy atom. The Morgan fingerprint density at radius 3 is 2.75 bits per heavy atom. The van der Waals surface area contributed by atoms with Crippen molar-refractivity contribution in [1.82, 2.24) is 14.3 Å². The average molecular weight is 325 g/mol. The molecule has 0 spiro atoms. The lowest BCUT2D eigenvalue weighted by Crippen LogP contribution is -2.25. The van der Waals surface area contributed by atoms with Gasteiger partial charge in [-0.2, -0.15) is 0 Å². The lowest BCUT2D eigenvalue weighted by molar-refractivity contribution is 0.245. The number of aryl methyl sites for hydroxylation is 1. The number of benzene rings is 1. The molecule has 2 heterocycles. The molecule has 0 aliphatic carbocycles. The molecule has 1 aromatic carbocycles. The third-order valence-electron chi connectivity index (χ3n) is 4.37. The molecule has 0 radical (unpaired) electrons. The van der Waals surface area contributed by atoms with Crippen LogP contribution in [-0.4, -0.2) is 21.3 Å². The largest absolute Gasteiger partial charge is 0.294 e. The first kappa shape index (κ1) is 16.3. The van der Waals surface area contributed by atoms with Gasteiger partial charge in [0.15, 0.2) is 0 Å². The van der Waals surface area contributed by atoms with Crippen LogP contribution in [0, 0.1) is 12.7 Å². The van der Waals surface area contributed by atoms with Gasteiger partial charge in [-0.05, 0) is 38.6 Å². The highest BCUT2D eigenvalue weighted by atomic mass is 19.1. The summed E-state index contributed by atoms with van der Waals surface area (Å²) in [6.07, 6.45) is 1.72. The quantitative estimate of drug-likeness (QED) is 0.738. The van der Waals surface area contributed by atoms with E-state index in [4.69, 9.17) is 0 Å². The normalized spacial score (nSPS) is 12.7. The summed E-state index contributed by atoms with van der Waals surface area (Å²) in [5.74, 6) is -0.223. The highest BCUT2D eigenvalue weighted by Crippen LogP contribution is 2.22. The van der Waals surface area contributed by atoms with Crippen molar-refractivity contribution in [2.24, 2.45) is 0 Å². The van der Waals surface area contributed by atoms with Crippen molar-refractivity contribution in [3.05, 3.63) is 81.7 Å². The van der Waals surface area contributed by atoms with Crippen LogP contribution in [0.3, 0.4) is 0 Å². The van der Waals surface area contributed by atoms with Gasteiger partial charge in [-0.15, -0.1) is 0 Å². The predicted molar refractivity (Wildman–Crippen MR) is 92.5 cm³/mol. The van der Waals surface area contributed by atoms with Gasteiger partial charge < -0.3 is 0 Å². The Balaban J connectivity index is 1.91. The minimum Gasteiger partial charge on any atom is -0.294 e. The van der Waals surface area contributed by atoms with E-state index in [1.165, 1.54) is 12.1 Å². The van der Waals surface area contributed by atoms with Gasteiger partial charge in [0.2, 0.25) is 0 Å². The van der Waals surface area contributed by atoms with E-state index in [0.717, 1.165) is 5.56 Å². The Bertz CT molecular complexity index is 935. The second kappa shape index (κ2) is 6.53. The molecule has 3 aromatic rings. The molecule has 1 unspecified atom stereocenters. The van der Waals surface area contributed by atoms with Crippen molar-refractivity contribution in [2.45, 2.75) is 26.4 Å². The van der Waals surface area contributed by atoms with Gasteiger partial charge >= 0.3 is 0 Å². The second-order valence-electron chi connectivity index (χ2n) is 6.08. The highest BCUT2D eigenvalue weighted by Gasteiger charge is 2.16. The first-order chi connectivity index (χ1) is 11.5. The van der Waals surface area contributed by atoms with E-state index in [9.17, 15) is 9.18 Å². The molecule has 0 amide bonds. The van der Waals surface area contributed by atoms with Crippen molar-refractivity contribution in [1.29, 1.82) is 0 Å². The molecule has 0 fully saturated rings. The molecule has 0 N–H and O–H groups in total. The fourth-order valence-corrected chi connectivity index (χ4v) is 2.83. The Kier molecular flexibility index (Phi) is 4.44. The minimum atomic E-state index is -0.223. The number of aromatic nitrogens is 2. The van der Waals surface area contributed by atoms with E-state index in [1.54, 1.807) is 22.7 Å². The van der Waals surface area contributed by atoms with Crippen LogP contribution in [-0.2, 0) is 6.54 Å². The van der Waals surface area contributed by atoms with Crippen LogP contribution in [0.15, 0.2) is 53.5 Å². The lowest BCUT2D eigenvalue weighted by atomic mass is 10.1. The summed E-state index contributed by atoms with van der Waals surface area (Å²) in [5, 5.41) is 0. The standard InChI is InChI=1S/C19H20FN3O/c1-13-7-6-10-23-18(24)11-15(21-19(13)23)12-22(3)14(2)16-8-4-5-9-17(16)20/h4-11,14H,12H2,1-3H3. The van der Waals surface area contributed by atoms with Gasteiger partial charge in [-0.25, -0.2) is 9.37 Å². The number of halogens is 1. The molecule has 124 valence electrons. The van der Waals surface area contributed by atoms with Gasteiger partial charge in [0.05, 0.1) is 5.69 Å². The molecule has 0 saturated heterocycles. The molecular weight excluding hydrogens is 305 g/mol. The van der Waals surface area contributed by atoms with Crippen molar-refractivity contribution < 1.29 is 4.39 Å². The molecule has 2 aromatic heterocycles. The maximum atomic E-state index is 14.0. The summed E-state index contributed by atoms with van der Waals surface area (Å²) in [6, 6.07) is 11.9. The summed E-state index contributed by atoms with van der Waals surface area (Å²) < 4.78 is 15.5. The van der Waals surface area contributed by atoms with Crippen LogP contribution >= 0.6 is 0 Å². The summed E-state index contributed by atoms with van der Waals surface area (Å²) in [4.78, 5) is 18.9. The SMILES string of the molecule is Cc1cccn2c(=O)cc(CN(C)C(C)c3ccccc3F)nc12. The maximum Gasteiger partial charge on any atom is 0.258 e. The van der Waals surface area contributed by atoms with Gasteiger partial charge in [0, 0.05) is 30.4 Å². The topological polar surface area (TPSA) is 37.6 Å². The van der Waals surface area contributed by atoms with Gasteiger partial charge in [0.25, 0.3) is 5.56 Å². The fraction of sp³-hybridized carbons (Fsp3) is 0.263. The van der Waals surface area contributed by atoms with E-state index in [1.807, 2.05) is 44.0 Å². The van der Waals surface area contributed by atoms with E-state index >= 15 is 0 Å². The summed E-state index contributed by atoms with van der Waals surface area (Å²) in [6.45, 7) is 4.34. The molecule has 0 aliphatic heterocycles. The van der Waals surface area contributed by atoms with Crippen LogP contribution in [0.25, 0.3) is 5.65 Å². The zero-order valence-electron chi connectivity index (χ0n) is 14.0. The molecule has 5 heteroatoms. The number of hydrogen-bond acceptors (Lipinski definition) is 3. The zero-order chi connectivity index (χ0) is 17.3. The Morgan fingerprint density at radius 2 is 2.00 bits per heavy atom. The molecular formula is C19H20FN3O. The number of hydrogen-bond donors (Lipinski definition) is 0. The summed E-state index contributed by atoms with van der Waals surface area (Å²) in [5.41, 5.74) is 2.81. The molecule has 24 heavy (non-hydrogen) atoms. The van der Waals surface area contributed by atoms with Crippen molar-refractivity contribution in [3.63, 3.8) is 0 Å². The summed E-state index contributed by atoms with van der Waals surface area (Å²) >= 11 is 0. The fourth-order valence-electron chi connectivity index (χ4n) is 2.83. The average Bonchev–Trinajstić information content (AvgIpc) is 2.56. The molecule has 0 bridgehead atoms. The second-order valence-corrected chi connectivity index (χ2v) is 6.08. The number of pyridine rings is 1. The van der Waals surface area contributed by atoms with E-state index in [0.29, 0.717) is 23.4 Å². The molecule has 0 saturated carbocycles. The molecule has 3 rings (SSSR count). The lowest BCUT2D eigenvalue weighted by Gasteiger charge is -2.25. The van der Waals surface area contributed by atoms with Crippen LogP contribution in [0.2, 0.25) is 0 Å². The number of nitrogens with zero attached hydrogens (tertiary/aromatic N) is 3. The van der Waals surface area contributed by atoms with Gasteiger partial charge in [0.1, 0.15) is 11.5 Å². The molecule has 1 atom stereocenters. The minimum absolute atomic E-state index is 0.106. The third-order valence-corrected chi connectivity index (χ3v) is 4.37. The van der Waals surface area contributed by atoms with Crippen LogP contribution in [0.5, 0.6) is 0 Å². The number of rotatable bonds is 4. The van der Waals surface area contributed by atoms with Gasteiger partial charge in [-0.3, -0.25) is 14.1 Å².